The lowest BCUT2D eigenvalue weighted by atomic mass is 10.2. The first kappa shape index (κ1) is 12.6. The number of hydrogen-bond donors (Lipinski definition) is 0. The zero-order chi connectivity index (χ0) is 13.4. The first-order valence-corrected chi connectivity index (χ1v) is 7.64. The Morgan fingerprint density at radius 1 is 1.32 bits per heavy atom. The van der Waals surface area contributed by atoms with Gasteiger partial charge in [-0.05, 0) is 57.4 Å². The minimum atomic E-state index is 0.140. The van der Waals surface area contributed by atoms with Gasteiger partial charge in [-0.2, -0.15) is 0 Å². The molecule has 0 fully saturated rings. The number of benzene rings is 1. The van der Waals surface area contributed by atoms with Gasteiger partial charge < -0.3 is 4.57 Å². The number of nitrogens with zero attached hydrogens (tertiary/aromatic N) is 1. The highest BCUT2D eigenvalue weighted by Gasteiger charge is 2.13. The van der Waals surface area contributed by atoms with Crippen molar-refractivity contribution >= 4 is 44.0 Å². The molecule has 0 amide bonds. The van der Waals surface area contributed by atoms with E-state index in [-0.39, 0.29) is 5.78 Å². The number of halogens is 1. The highest BCUT2D eigenvalue weighted by atomic mass is 79.9. The molecular weight excluding hydrogens is 322 g/mol. The number of aryl methyl sites for hydroxylation is 1. The summed E-state index contributed by atoms with van der Waals surface area (Å²) in [4.78, 5) is 13.1. The number of fused-ring (bicyclic) bond motifs is 1. The topological polar surface area (TPSA) is 22.0 Å². The fourth-order valence-corrected chi connectivity index (χ4v) is 3.68. The molecule has 96 valence electrons. The molecule has 2 heterocycles. The van der Waals surface area contributed by atoms with Crippen molar-refractivity contribution in [2.75, 3.05) is 0 Å². The highest BCUT2D eigenvalue weighted by Crippen LogP contribution is 2.24. The molecule has 0 aliphatic carbocycles. The number of thiophene rings is 1. The van der Waals surface area contributed by atoms with E-state index < -0.39 is 0 Å². The van der Waals surface area contributed by atoms with Crippen LogP contribution in [0.2, 0.25) is 0 Å². The van der Waals surface area contributed by atoms with Crippen LogP contribution in [-0.2, 0) is 6.54 Å². The molecule has 0 unspecified atom stereocenters. The van der Waals surface area contributed by atoms with E-state index in [1.165, 1.54) is 22.3 Å². The van der Waals surface area contributed by atoms with E-state index in [0.717, 1.165) is 14.9 Å². The summed E-state index contributed by atoms with van der Waals surface area (Å²) in [5.41, 5.74) is 2.32. The molecule has 0 aliphatic heterocycles. The Bertz CT molecular complexity index is 756. The van der Waals surface area contributed by atoms with E-state index in [4.69, 9.17) is 0 Å². The molecule has 0 aliphatic rings. The van der Waals surface area contributed by atoms with Crippen molar-refractivity contribution in [1.29, 1.82) is 0 Å². The average Bonchev–Trinajstić information content (AvgIpc) is 2.96. The van der Waals surface area contributed by atoms with Crippen molar-refractivity contribution in [3.8, 4) is 0 Å². The monoisotopic (exact) mass is 333 g/mol. The Labute approximate surface area is 123 Å². The molecule has 1 aromatic carbocycles. The molecule has 3 aromatic rings. The Kier molecular flexibility index (Phi) is 3.29. The maximum atomic E-state index is 12.3. The van der Waals surface area contributed by atoms with Crippen LogP contribution in [0.15, 0.2) is 46.4 Å². The van der Waals surface area contributed by atoms with Crippen LogP contribution in [0, 0.1) is 6.92 Å². The second-order valence-electron chi connectivity index (χ2n) is 4.53. The van der Waals surface area contributed by atoms with Crippen molar-refractivity contribution in [2.24, 2.45) is 0 Å². The third-order valence-electron chi connectivity index (χ3n) is 3.11. The van der Waals surface area contributed by atoms with Gasteiger partial charge >= 0.3 is 0 Å². The maximum absolute atomic E-state index is 12.3. The Morgan fingerprint density at radius 3 is 2.89 bits per heavy atom. The van der Waals surface area contributed by atoms with Gasteiger partial charge in [-0.25, -0.2) is 0 Å². The summed E-state index contributed by atoms with van der Waals surface area (Å²) in [7, 11) is 0. The number of aromatic nitrogens is 1. The summed E-state index contributed by atoms with van der Waals surface area (Å²) in [6.07, 6.45) is 1.98. The Balaban J connectivity index is 1.96. The molecule has 0 saturated heterocycles. The molecule has 19 heavy (non-hydrogen) atoms. The largest absolute Gasteiger partial charge is 0.340 e. The molecule has 0 spiro atoms. The van der Waals surface area contributed by atoms with Gasteiger partial charge in [0.1, 0.15) is 0 Å². The van der Waals surface area contributed by atoms with Crippen LogP contribution in [-0.4, -0.2) is 10.4 Å². The number of rotatable bonds is 3. The Hall–Kier alpha value is -1.39. The molecule has 0 N–H and O–H groups in total. The summed E-state index contributed by atoms with van der Waals surface area (Å²) in [6, 6.07) is 10.3. The van der Waals surface area contributed by atoms with Crippen LogP contribution in [0.4, 0.5) is 0 Å². The van der Waals surface area contributed by atoms with E-state index in [0.29, 0.717) is 6.54 Å². The number of ketones is 1. The van der Waals surface area contributed by atoms with Crippen LogP contribution in [0.3, 0.4) is 0 Å². The van der Waals surface area contributed by atoms with E-state index in [1.807, 2.05) is 28.3 Å². The fourth-order valence-electron chi connectivity index (χ4n) is 2.15. The van der Waals surface area contributed by atoms with Crippen LogP contribution >= 0.6 is 27.3 Å². The van der Waals surface area contributed by atoms with Crippen LogP contribution in [0.25, 0.3) is 10.9 Å². The number of carbonyl (C=O) groups is 1. The fraction of sp³-hybridized carbons (Fsp3) is 0.133. The first-order chi connectivity index (χ1) is 9.15. The van der Waals surface area contributed by atoms with Gasteiger partial charge in [-0.3, -0.25) is 4.79 Å². The van der Waals surface area contributed by atoms with E-state index in [1.54, 1.807) is 0 Å². The van der Waals surface area contributed by atoms with Crippen molar-refractivity contribution < 1.29 is 4.79 Å². The van der Waals surface area contributed by atoms with E-state index in [2.05, 4.69) is 41.1 Å². The lowest BCUT2D eigenvalue weighted by molar-refractivity contribution is 0.0977. The van der Waals surface area contributed by atoms with Gasteiger partial charge in [0, 0.05) is 16.2 Å². The molecule has 2 nitrogen and oxygen atoms in total. The standard InChI is InChI=1S/C15H12BrNOS/c1-10-2-3-11-4-6-17(13(11)8-10)9-14(18)15-12(16)5-7-19-15/h2-8H,9H2,1H3. The third kappa shape index (κ3) is 2.38. The van der Waals surface area contributed by atoms with Crippen molar-refractivity contribution in [1.82, 2.24) is 4.57 Å². The third-order valence-corrected chi connectivity index (χ3v) is 4.99. The molecular formula is C15H12BrNOS. The maximum Gasteiger partial charge on any atom is 0.193 e. The zero-order valence-electron chi connectivity index (χ0n) is 10.4. The second kappa shape index (κ2) is 4.94. The zero-order valence-corrected chi connectivity index (χ0v) is 12.8. The molecule has 0 saturated carbocycles. The summed E-state index contributed by atoms with van der Waals surface area (Å²) >= 11 is 4.89. The molecule has 2 aromatic heterocycles. The number of Topliss-reactive ketones (excluding diaryl/α,β-unsaturated/α-hetero) is 1. The van der Waals surface area contributed by atoms with Crippen LogP contribution in [0.1, 0.15) is 15.2 Å². The van der Waals surface area contributed by atoms with Crippen molar-refractivity contribution in [3.63, 3.8) is 0 Å². The minimum Gasteiger partial charge on any atom is -0.340 e. The SMILES string of the molecule is Cc1ccc2ccn(CC(=O)c3sccc3Br)c2c1. The molecule has 0 radical (unpaired) electrons. The second-order valence-corrected chi connectivity index (χ2v) is 6.30. The average molecular weight is 334 g/mol. The normalized spacial score (nSPS) is 11.1. The summed E-state index contributed by atoms with van der Waals surface area (Å²) in [6.45, 7) is 2.44. The summed E-state index contributed by atoms with van der Waals surface area (Å²) < 4.78 is 2.90. The van der Waals surface area contributed by atoms with Crippen molar-refractivity contribution in [3.05, 3.63) is 56.8 Å². The molecule has 4 heteroatoms. The number of hydrogen-bond acceptors (Lipinski definition) is 2. The lowest BCUT2D eigenvalue weighted by Crippen LogP contribution is -2.08. The van der Waals surface area contributed by atoms with Gasteiger partial charge in [-0.1, -0.05) is 12.1 Å². The van der Waals surface area contributed by atoms with Crippen LogP contribution < -0.4 is 0 Å². The highest BCUT2D eigenvalue weighted by molar-refractivity contribution is 9.10. The molecule has 0 atom stereocenters. The first-order valence-electron chi connectivity index (χ1n) is 5.97. The quantitative estimate of drug-likeness (QED) is 0.639. The van der Waals surface area contributed by atoms with E-state index in [9.17, 15) is 4.79 Å². The molecule has 0 bridgehead atoms. The van der Waals surface area contributed by atoms with Crippen molar-refractivity contribution in [2.45, 2.75) is 13.5 Å². The number of carbonyl (C=O) groups excluding carboxylic acids is 1. The summed E-state index contributed by atoms with van der Waals surface area (Å²) in [5, 5.41) is 3.10. The lowest BCUT2D eigenvalue weighted by Gasteiger charge is -2.05. The molecule has 3 rings (SSSR count). The summed E-state index contributed by atoms with van der Waals surface area (Å²) in [5.74, 6) is 0.140. The van der Waals surface area contributed by atoms with Crippen LogP contribution in [0.5, 0.6) is 0 Å². The van der Waals surface area contributed by atoms with Gasteiger partial charge in [0.25, 0.3) is 0 Å². The van der Waals surface area contributed by atoms with Gasteiger partial charge in [-0.15, -0.1) is 11.3 Å². The van der Waals surface area contributed by atoms with Gasteiger partial charge in [0.15, 0.2) is 5.78 Å². The minimum absolute atomic E-state index is 0.140. The van der Waals surface area contributed by atoms with Gasteiger partial charge in [0.2, 0.25) is 0 Å². The predicted molar refractivity (Wildman–Crippen MR) is 83.0 cm³/mol. The smallest absolute Gasteiger partial charge is 0.193 e. The Morgan fingerprint density at radius 2 is 2.16 bits per heavy atom. The van der Waals surface area contributed by atoms with E-state index >= 15 is 0 Å². The van der Waals surface area contributed by atoms with Gasteiger partial charge in [0.05, 0.1) is 11.4 Å². The predicted octanol–water partition coefficient (Wildman–Crippen LogP) is 4.66.